The van der Waals surface area contributed by atoms with Gasteiger partial charge in [-0.15, -0.1) is 0 Å². The van der Waals surface area contributed by atoms with Crippen LogP contribution in [0.2, 0.25) is 19.6 Å². The first kappa shape index (κ1) is 21.2. The van der Waals surface area contributed by atoms with Crippen LogP contribution in [0.5, 0.6) is 0 Å². The molecule has 1 rings (SSSR count). The van der Waals surface area contributed by atoms with E-state index < -0.39 is 62.3 Å². The zero-order valence-electron chi connectivity index (χ0n) is 14.0. The molecule has 9 nitrogen and oxygen atoms in total. The summed E-state index contributed by atoms with van der Waals surface area (Å²) in [6.07, 6.45) is -4.46. The summed E-state index contributed by atoms with van der Waals surface area (Å²) >= 11 is 0. The predicted octanol–water partition coefficient (Wildman–Crippen LogP) is -1.14. The molecular formula is C14H27NO8Si. The summed E-state index contributed by atoms with van der Waals surface area (Å²) in [5, 5.41) is 59.8. The molecule has 0 heterocycles. The molecule has 7 atom stereocenters. The first-order chi connectivity index (χ1) is 11.0. The van der Waals surface area contributed by atoms with Crippen molar-refractivity contribution in [3.8, 4) is 0 Å². The highest BCUT2D eigenvalue weighted by molar-refractivity contribution is 6.69. The molecule has 0 aromatic heterocycles. The first-order valence-corrected chi connectivity index (χ1v) is 11.2. The molecule has 0 fully saturated rings. The smallest absolute Gasteiger partial charge is 0.246 e. The van der Waals surface area contributed by atoms with E-state index in [-0.39, 0.29) is 6.42 Å². The summed E-state index contributed by atoms with van der Waals surface area (Å²) in [7, 11) is -2.09. The van der Waals surface area contributed by atoms with Crippen LogP contribution in [0.4, 0.5) is 0 Å². The van der Waals surface area contributed by atoms with E-state index in [4.69, 9.17) is 9.53 Å². The molecule has 140 valence electrons. The normalized spacial score (nSPS) is 29.8. The Morgan fingerprint density at radius 1 is 1.25 bits per heavy atom. The third-order valence-electron chi connectivity index (χ3n) is 3.96. The van der Waals surface area contributed by atoms with E-state index in [1.54, 1.807) is 12.2 Å². The van der Waals surface area contributed by atoms with Gasteiger partial charge in [-0.3, -0.25) is 10.1 Å². The maximum Gasteiger partial charge on any atom is 0.246 e. The zero-order valence-corrected chi connectivity index (χ0v) is 15.0. The van der Waals surface area contributed by atoms with E-state index in [1.807, 2.05) is 19.6 Å². The summed E-state index contributed by atoms with van der Waals surface area (Å²) in [6.45, 7) is 4.84. The molecule has 0 saturated heterocycles. The first-order valence-electron chi connectivity index (χ1n) is 7.80. The molecule has 0 aromatic rings. The molecule has 0 saturated carbocycles. The average Bonchev–Trinajstić information content (AvgIpc) is 2.49. The van der Waals surface area contributed by atoms with Crippen LogP contribution in [0, 0.1) is 16.0 Å². The van der Waals surface area contributed by atoms with E-state index in [2.05, 4.69) is 0 Å². The van der Waals surface area contributed by atoms with Crippen molar-refractivity contribution in [2.24, 2.45) is 5.92 Å². The van der Waals surface area contributed by atoms with Crippen LogP contribution in [-0.4, -0.2) is 81.9 Å². The van der Waals surface area contributed by atoms with Gasteiger partial charge in [0.05, 0.1) is 18.6 Å². The number of nitrogens with zero attached hydrogens (tertiary/aromatic N) is 1. The third-order valence-corrected chi connectivity index (χ3v) is 4.94. The summed E-state index contributed by atoms with van der Waals surface area (Å²) < 4.78 is 5.81. The van der Waals surface area contributed by atoms with Gasteiger partial charge in [0.1, 0.15) is 24.4 Å². The topological polar surface area (TPSA) is 154 Å². The quantitative estimate of drug-likeness (QED) is 0.157. The lowest BCUT2D eigenvalue weighted by Gasteiger charge is -2.37. The summed E-state index contributed by atoms with van der Waals surface area (Å²) in [6, 6.07) is -1.29. The largest absolute Gasteiger partial charge is 0.405 e. The molecule has 1 aliphatic rings. The Kier molecular flexibility index (Phi) is 7.47. The maximum atomic E-state index is 11.5. The minimum Gasteiger partial charge on any atom is -0.405 e. The van der Waals surface area contributed by atoms with Crippen LogP contribution in [0.3, 0.4) is 0 Å². The SMILES string of the molecule is C[Si](C)(C)O[C@@H]1C=CC[C@@H](C(O)[C@@H](O)[C@H](O)[C@H](O)CO)[C@@H]1[N+](=O)[O-]. The van der Waals surface area contributed by atoms with Crippen molar-refractivity contribution >= 4 is 8.32 Å². The van der Waals surface area contributed by atoms with Crippen LogP contribution in [0.1, 0.15) is 6.42 Å². The molecule has 1 aliphatic carbocycles. The minimum atomic E-state index is -2.09. The molecule has 1 unspecified atom stereocenters. The monoisotopic (exact) mass is 365 g/mol. The van der Waals surface area contributed by atoms with Crippen molar-refractivity contribution in [1.29, 1.82) is 0 Å². The third kappa shape index (κ3) is 5.31. The molecule has 0 spiro atoms. The molecule has 0 aromatic carbocycles. The zero-order chi connectivity index (χ0) is 18.7. The van der Waals surface area contributed by atoms with E-state index >= 15 is 0 Å². The fourth-order valence-corrected chi connectivity index (χ4v) is 3.83. The molecule has 5 N–H and O–H groups in total. The summed E-state index contributed by atoms with van der Waals surface area (Å²) in [5.74, 6) is -0.998. The van der Waals surface area contributed by atoms with Gasteiger partial charge in [0, 0.05) is 4.92 Å². The number of aliphatic hydroxyl groups excluding tert-OH is 5. The minimum absolute atomic E-state index is 0.122. The molecule has 0 aliphatic heterocycles. The van der Waals surface area contributed by atoms with Gasteiger partial charge in [-0.1, -0.05) is 12.2 Å². The molecule has 0 amide bonds. The lowest BCUT2D eigenvalue weighted by Crippen LogP contribution is -2.55. The van der Waals surface area contributed by atoms with Crippen molar-refractivity contribution in [2.45, 2.75) is 62.6 Å². The van der Waals surface area contributed by atoms with Gasteiger partial charge < -0.3 is 30.0 Å². The van der Waals surface area contributed by atoms with Crippen molar-refractivity contribution in [3.05, 3.63) is 22.3 Å². The Bertz CT molecular complexity index is 455. The van der Waals surface area contributed by atoms with Gasteiger partial charge in [-0.25, -0.2) is 0 Å². The Balaban J connectivity index is 2.99. The maximum absolute atomic E-state index is 11.5. The Hall–Kier alpha value is -0.883. The summed E-state index contributed by atoms with van der Waals surface area (Å²) in [5.41, 5.74) is 0. The fraction of sp³-hybridized carbons (Fsp3) is 0.857. The van der Waals surface area contributed by atoms with Crippen molar-refractivity contribution in [1.82, 2.24) is 0 Å². The van der Waals surface area contributed by atoms with Crippen LogP contribution in [-0.2, 0) is 4.43 Å². The number of aliphatic hydroxyl groups is 5. The molecule has 10 heteroatoms. The van der Waals surface area contributed by atoms with Crippen LogP contribution in [0.25, 0.3) is 0 Å². The standard InChI is InChI=1S/C14H27NO8Si/c1-24(2,3)23-10-6-4-5-8(11(10)15(21)22)12(18)14(20)13(19)9(17)7-16/h4,6,8-14,16-20H,5,7H2,1-3H3/t8-,9-,10-,11+,12?,13-,14-/m1/s1. The van der Waals surface area contributed by atoms with Gasteiger partial charge in [-0.2, -0.15) is 0 Å². The lowest BCUT2D eigenvalue weighted by molar-refractivity contribution is -0.544. The second kappa shape index (κ2) is 8.47. The fourth-order valence-electron chi connectivity index (χ4n) is 2.79. The van der Waals surface area contributed by atoms with Gasteiger partial charge >= 0.3 is 0 Å². The van der Waals surface area contributed by atoms with Crippen molar-refractivity contribution in [3.63, 3.8) is 0 Å². The van der Waals surface area contributed by atoms with Crippen LogP contribution < -0.4 is 0 Å². The summed E-state index contributed by atoms with van der Waals surface area (Å²) in [4.78, 5) is 11.0. The van der Waals surface area contributed by atoms with Crippen molar-refractivity contribution in [2.75, 3.05) is 6.61 Å². The molecular weight excluding hydrogens is 338 g/mol. The number of rotatable bonds is 8. The van der Waals surface area contributed by atoms with Crippen LogP contribution in [0.15, 0.2) is 12.2 Å². The van der Waals surface area contributed by atoms with E-state index in [0.29, 0.717) is 0 Å². The van der Waals surface area contributed by atoms with Gasteiger partial charge in [-0.05, 0) is 26.1 Å². The average molecular weight is 365 g/mol. The van der Waals surface area contributed by atoms with Gasteiger partial charge in [0.2, 0.25) is 6.04 Å². The number of hydrogen-bond acceptors (Lipinski definition) is 8. The Morgan fingerprint density at radius 2 is 1.83 bits per heavy atom. The highest BCUT2D eigenvalue weighted by atomic mass is 28.4. The van der Waals surface area contributed by atoms with Crippen molar-refractivity contribution < 1.29 is 34.9 Å². The molecule has 0 radical (unpaired) electrons. The van der Waals surface area contributed by atoms with E-state index in [0.717, 1.165) is 0 Å². The van der Waals surface area contributed by atoms with Crippen LogP contribution >= 0.6 is 0 Å². The number of allylic oxidation sites excluding steroid dienone is 1. The van der Waals surface area contributed by atoms with Gasteiger partial charge in [0.15, 0.2) is 8.32 Å². The van der Waals surface area contributed by atoms with E-state index in [9.17, 15) is 30.5 Å². The molecule has 24 heavy (non-hydrogen) atoms. The Morgan fingerprint density at radius 3 is 2.29 bits per heavy atom. The van der Waals surface area contributed by atoms with E-state index in [1.165, 1.54) is 0 Å². The highest BCUT2D eigenvalue weighted by Crippen LogP contribution is 2.30. The highest BCUT2D eigenvalue weighted by Gasteiger charge is 2.48. The predicted molar refractivity (Wildman–Crippen MR) is 87.4 cm³/mol. The number of nitro groups is 1. The molecule has 0 bridgehead atoms. The second-order valence-corrected chi connectivity index (χ2v) is 11.5. The van der Waals surface area contributed by atoms with Gasteiger partial charge in [0.25, 0.3) is 0 Å². The Labute approximate surface area is 141 Å². The second-order valence-electron chi connectivity index (χ2n) is 7.02. The lowest BCUT2D eigenvalue weighted by atomic mass is 9.80. The number of hydrogen-bond donors (Lipinski definition) is 5.